The Balaban J connectivity index is 2.26. The minimum absolute atomic E-state index is 0.643. The van der Waals surface area contributed by atoms with Gasteiger partial charge in [0.05, 0.1) is 5.69 Å². The Morgan fingerprint density at radius 3 is 2.43 bits per heavy atom. The Hall–Kier alpha value is -0.990. The number of hydrogen-bond donors (Lipinski definition) is 1. The molecule has 0 aromatic carbocycles. The van der Waals surface area contributed by atoms with Gasteiger partial charge in [0.15, 0.2) is 0 Å². The second-order valence-corrected chi connectivity index (χ2v) is 4.33. The van der Waals surface area contributed by atoms with Crippen LogP contribution in [0, 0.1) is 6.92 Å². The van der Waals surface area contributed by atoms with E-state index in [1.54, 1.807) is 0 Å². The lowest BCUT2D eigenvalue weighted by Crippen LogP contribution is -2.11. The third-order valence-electron chi connectivity index (χ3n) is 3.33. The Morgan fingerprint density at radius 1 is 1.29 bits per heavy atom. The van der Waals surface area contributed by atoms with Crippen molar-refractivity contribution in [3.05, 3.63) is 11.5 Å². The van der Waals surface area contributed by atoms with Gasteiger partial charge in [-0.1, -0.05) is 19.3 Å². The van der Waals surface area contributed by atoms with Crippen molar-refractivity contribution in [3.8, 4) is 0 Å². The molecule has 1 fully saturated rings. The predicted molar refractivity (Wildman–Crippen MR) is 58.2 cm³/mol. The maximum Gasteiger partial charge on any atom is 0.126 e. The predicted octanol–water partition coefficient (Wildman–Crippen LogP) is 2.36. The molecule has 3 nitrogen and oxygen atoms in total. The third kappa shape index (κ3) is 1.51. The van der Waals surface area contributed by atoms with Crippen molar-refractivity contribution < 1.29 is 0 Å². The Labute approximate surface area is 85.3 Å². The van der Waals surface area contributed by atoms with E-state index in [0.717, 1.165) is 11.5 Å². The molecule has 0 amide bonds. The number of anilines is 1. The van der Waals surface area contributed by atoms with E-state index in [9.17, 15) is 0 Å². The molecule has 0 radical (unpaired) electrons. The summed E-state index contributed by atoms with van der Waals surface area (Å²) >= 11 is 0. The van der Waals surface area contributed by atoms with Crippen LogP contribution in [0.3, 0.4) is 0 Å². The standard InChI is InChI=1S/C11H19N3/c1-8-10(12)14(2)11(13-8)9-6-4-3-5-7-9/h9H,3-7,12H2,1-2H3. The van der Waals surface area contributed by atoms with Crippen molar-refractivity contribution in [3.63, 3.8) is 0 Å². The van der Waals surface area contributed by atoms with Crippen LogP contribution < -0.4 is 5.73 Å². The Bertz CT molecular complexity index is 322. The van der Waals surface area contributed by atoms with Crippen molar-refractivity contribution in [1.29, 1.82) is 0 Å². The molecule has 14 heavy (non-hydrogen) atoms. The average Bonchev–Trinajstić information content (AvgIpc) is 2.47. The molecule has 0 spiro atoms. The lowest BCUT2D eigenvalue weighted by Gasteiger charge is -2.21. The first-order valence-electron chi connectivity index (χ1n) is 5.49. The molecule has 0 atom stereocenters. The number of imidazole rings is 1. The molecular formula is C11H19N3. The monoisotopic (exact) mass is 193 g/mol. The van der Waals surface area contributed by atoms with Crippen molar-refractivity contribution in [2.45, 2.75) is 44.9 Å². The number of aryl methyl sites for hydroxylation is 1. The zero-order chi connectivity index (χ0) is 10.1. The van der Waals surface area contributed by atoms with E-state index in [-0.39, 0.29) is 0 Å². The summed E-state index contributed by atoms with van der Waals surface area (Å²) < 4.78 is 2.06. The van der Waals surface area contributed by atoms with Crippen LogP contribution in [0.2, 0.25) is 0 Å². The topological polar surface area (TPSA) is 43.8 Å². The fourth-order valence-corrected chi connectivity index (χ4v) is 2.40. The van der Waals surface area contributed by atoms with Gasteiger partial charge in [0.1, 0.15) is 11.6 Å². The van der Waals surface area contributed by atoms with Crippen molar-refractivity contribution in [2.24, 2.45) is 7.05 Å². The van der Waals surface area contributed by atoms with Gasteiger partial charge in [0, 0.05) is 13.0 Å². The molecule has 2 rings (SSSR count). The van der Waals surface area contributed by atoms with Crippen LogP contribution >= 0.6 is 0 Å². The van der Waals surface area contributed by atoms with Gasteiger partial charge in [-0.15, -0.1) is 0 Å². The summed E-state index contributed by atoms with van der Waals surface area (Å²) in [7, 11) is 2.03. The molecule has 2 N–H and O–H groups in total. The number of rotatable bonds is 1. The SMILES string of the molecule is Cc1nc(C2CCCCC2)n(C)c1N. The van der Waals surface area contributed by atoms with Crippen LogP contribution in [0.5, 0.6) is 0 Å². The maximum absolute atomic E-state index is 5.91. The Kier molecular flexibility index (Phi) is 2.48. The fraction of sp³-hybridized carbons (Fsp3) is 0.727. The summed E-state index contributed by atoms with van der Waals surface area (Å²) in [4.78, 5) is 4.57. The normalized spacial score (nSPS) is 18.7. The molecule has 0 unspecified atom stereocenters. The molecule has 1 aliphatic rings. The van der Waals surface area contributed by atoms with E-state index in [1.165, 1.54) is 37.9 Å². The number of nitrogens with two attached hydrogens (primary N) is 1. The van der Waals surface area contributed by atoms with Gasteiger partial charge in [0.2, 0.25) is 0 Å². The Morgan fingerprint density at radius 2 is 1.93 bits per heavy atom. The van der Waals surface area contributed by atoms with Gasteiger partial charge in [-0.3, -0.25) is 0 Å². The molecule has 1 heterocycles. The first-order valence-corrected chi connectivity index (χ1v) is 5.49. The quantitative estimate of drug-likeness (QED) is 0.744. The van der Waals surface area contributed by atoms with E-state index in [2.05, 4.69) is 9.55 Å². The highest BCUT2D eigenvalue weighted by atomic mass is 15.1. The first kappa shape index (κ1) is 9.56. The minimum Gasteiger partial charge on any atom is -0.384 e. The summed E-state index contributed by atoms with van der Waals surface area (Å²) in [6, 6.07) is 0. The summed E-state index contributed by atoms with van der Waals surface area (Å²) in [6.45, 7) is 1.99. The van der Waals surface area contributed by atoms with Gasteiger partial charge in [0.25, 0.3) is 0 Å². The second-order valence-electron chi connectivity index (χ2n) is 4.33. The first-order chi connectivity index (χ1) is 6.70. The smallest absolute Gasteiger partial charge is 0.126 e. The van der Waals surface area contributed by atoms with Crippen LogP contribution in [0.1, 0.15) is 49.5 Å². The van der Waals surface area contributed by atoms with E-state index in [4.69, 9.17) is 5.73 Å². The van der Waals surface area contributed by atoms with Gasteiger partial charge in [-0.25, -0.2) is 4.98 Å². The average molecular weight is 193 g/mol. The van der Waals surface area contributed by atoms with Crippen LogP contribution in [-0.4, -0.2) is 9.55 Å². The van der Waals surface area contributed by atoms with Crippen LogP contribution in [0.4, 0.5) is 5.82 Å². The highest BCUT2D eigenvalue weighted by molar-refractivity contribution is 5.37. The lowest BCUT2D eigenvalue weighted by atomic mass is 9.89. The van der Waals surface area contributed by atoms with Crippen molar-refractivity contribution in [1.82, 2.24) is 9.55 Å². The summed E-state index contributed by atoms with van der Waals surface area (Å²) in [6.07, 6.45) is 6.63. The zero-order valence-corrected chi connectivity index (χ0v) is 9.08. The van der Waals surface area contributed by atoms with Crippen LogP contribution in [0.25, 0.3) is 0 Å². The second kappa shape index (κ2) is 3.64. The van der Waals surface area contributed by atoms with E-state index >= 15 is 0 Å². The summed E-state index contributed by atoms with van der Waals surface area (Å²) in [5, 5.41) is 0. The van der Waals surface area contributed by atoms with E-state index < -0.39 is 0 Å². The molecule has 1 aromatic rings. The molecule has 0 aliphatic heterocycles. The van der Waals surface area contributed by atoms with Crippen molar-refractivity contribution >= 4 is 5.82 Å². The number of nitrogen functional groups attached to an aromatic ring is 1. The molecule has 3 heteroatoms. The fourth-order valence-electron chi connectivity index (χ4n) is 2.40. The molecule has 0 bridgehead atoms. The van der Waals surface area contributed by atoms with Gasteiger partial charge in [-0.2, -0.15) is 0 Å². The number of aromatic nitrogens is 2. The highest BCUT2D eigenvalue weighted by Crippen LogP contribution is 2.32. The van der Waals surface area contributed by atoms with E-state index in [1.807, 2.05) is 14.0 Å². The highest BCUT2D eigenvalue weighted by Gasteiger charge is 2.21. The zero-order valence-electron chi connectivity index (χ0n) is 9.08. The molecule has 78 valence electrons. The van der Waals surface area contributed by atoms with Crippen LogP contribution in [0.15, 0.2) is 0 Å². The van der Waals surface area contributed by atoms with Gasteiger partial charge < -0.3 is 10.3 Å². The van der Waals surface area contributed by atoms with Gasteiger partial charge >= 0.3 is 0 Å². The summed E-state index contributed by atoms with van der Waals surface area (Å²) in [5.41, 5.74) is 6.89. The molecule has 0 saturated heterocycles. The van der Waals surface area contributed by atoms with Crippen molar-refractivity contribution in [2.75, 3.05) is 5.73 Å². The third-order valence-corrected chi connectivity index (χ3v) is 3.33. The number of nitrogens with zero attached hydrogens (tertiary/aromatic N) is 2. The number of hydrogen-bond acceptors (Lipinski definition) is 2. The molecule has 1 aromatic heterocycles. The van der Waals surface area contributed by atoms with E-state index in [0.29, 0.717) is 5.92 Å². The maximum atomic E-state index is 5.91. The lowest BCUT2D eigenvalue weighted by molar-refractivity contribution is 0.422. The minimum atomic E-state index is 0.643. The largest absolute Gasteiger partial charge is 0.384 e. The molecular weight excluding hydrogens is 174 g/mol. The molecule has 1 saturated carbocycles. The summed E-state index contributed by atoms with van der Waals surface area (Å²) in [5.74, 6) is 2.66. The van der Waals surface area contributed by atoms with Crippen LogP contribution in [-0.2, 0) is 7.05 Å². The van der Waals surface area contributed by atoms with Gasteiger partial charge in [-0.05, 0) is 19.8 Å². The molecule has 1 aliphatic carbocycles.